The van der Waals surface area contributed by atoms with Gasteiger partial charge < -0.3 is 10.1 Å². The lowest BCUT2D eigenvalue weighted by atomic mass is 10.0. The first-order chi connectivity index (χ1) is 10.2. The van der Waals surface area contributed by atoms with Gasteiger partial charge in [-0.25, -0.2) is 4.39 Å². The maximum absolute atomic E-state index is 13.6. The summed E-state index contributed by atoms with van der Waals surface area (Å²) in [6.07, 6.45) is 3.70. The molecule has 0 saturated carbocycles. The zero-order valence-corrected chi connectivity index (χ0v) is 14.2. The average molecular weight is 359 g/mol. The number of ether oxygens (including phenoxy) is 1. The van der Waals surface area contributed by atoms with Gasteiger partial charge in [-0.05, 0) is 46.9 Å². The van der Waals surface area contributed by atoms with E-state index in [2.05, 4.69) is 26.1 Å². The molecule has 1 atom stereocenters. The number of hydrogen-bond acceptors (Lipinski definition) is 3. The highest BCUT2D eigenvalue weighted by atomic mass is 79.9. The van der Waals surface area contributed by atoms with Crippen LogP contribution >= 0.6 is 15.9 Å². The fourth-order valence-electron chi connectivity index (χ4n) is 2.83. The molecule has 1 aliphatic heterocycles. The molecule has 1 aliphatic rings. The van der Waals surface area contributed by atoms with Crippen molar-refractivity contribution in [1.29, 1.82) is 0 Å². The number of methoxy groups -OCH3 is 1. The van der Waals surface area contributed by atoms with E-state index in [-0.39, 0.29) is 5.82 Å². The van der Waals surface area contributed by atoms with Crippen molar-refractivity contribution < 1.29 is 9.13 Å². The van der Waals surface area contributed by atoms with Crippen LogP contribution in [-0.2, 0) is 11.3 Å². The van der Waals surface area contributed by atoms with Crippen LogP contribution in [0.1, 0.15) is 24.8 Å². The molecule has 118 valence electrons. The number of nitrogens with one attached hydrogen (secondary N) is 1. The second-order valence-corrected chi connectivity index (χ2v) is 6.32. The molecule has 5 heteroatoms. The fraction of sp³-hybridized carbons (Fsp3) is 0.625. The Balaban J connectivity index is 1.93. The van der Waals surface area contributed by atoms with E-state index in [9.17, 15) is 4.39 Å². The van der Waals surface area contributed by atoms with Gasteiger partial charge in [0, 0.05) is 32.8 Å². The van der Waals surface area contributed by atoms with E-state index in [1.54, 1.807) is 13.2 Å². The van der Waals surface area contributed by atoms with Crippen LogP contribution in [0.25, 0.3) is 0 Å². The third kappa shape index (κ3) is 5.02. The van der Waals surface area contributed by atoms with Crippen LogP contribution in [0.5, 0.6) is 0 Å². The van der Waals surface area contributed by atoms with Gasteiger partial charge in [-0.3, -0.25) is 4.90 Å². The van der Waals surface area contributed by atoms with E-state index in [1.807, 2.05) is 6.07 Å². The minimum absolute atomic E-state index is 0.181. The summed E-state index contributed by atoms with van der Waals surface area (Å²) >= 11 is 3.37. The molecule has 1 unspecified atom stereocenters. The van der Waals surface area contributed by atoms with Crippen molar-refractivity contribution >= 4 is 15.9 Å². The topological polar surface area (TPSA) is 24.5 Å². The van der Waals surface area contributed by atoms with Crippen LogP contribution in [0, 0.1) is 5.82 Å². The molecule has 0 aliphatic carbocycles. The summed E-state index contributed by atoms with van der Waals surface area (Å²) < 4.78 is 19.3. The Morgan fingerprint density at radius 2 is 2.29 bits per heavy atom. The van der Waals surface area contributed by atoms with Crippen LogP contribution in [0.15, 0.2) is 22.7 Å². The second-order valence-electron chi connectivity index (χ2n) is 5.53. The number of rotatable bonds is 7. The molecule has 0 spiro atoms. The van der Waals surface area contributed by atoms with Crippen LogP contribution in [0.2, 0.25) is 0 Å². The minimum Gasteiger partial charge on any atom is -0.383 e. The molecule has 1 saturated heterocycles. The Bertz CT molecular complexity index is 444. The first-order valence-electron chi connectivity index (χ1n) is 7.59. The first-order valence-corrected chi connectivity index (χ1v) is 8.38. The summed E-state index contributed by atoms with van der Waals surface area (Å²) in [6, 6.07) is 5.79. The summed E-state index contributed by atoms with van der Waals surface area (Å²) in [5, 5.41) is 3.45. The molecule has 21 heavy (non-hydrogen) atoms. The predicted molar refractivity (Wildman–Crippen MR) is 86.9 cm³/mol. The van der Waals surface area contributed by atoms with E-state index in [0.717, 1.165) is 38.3 Å². The van der Waals surface area contributed by atoms with Gasteiger partial charge in [0.15, 0.2) is 0 Å². The van der Waals surface area contributed by atoms with Gasteiger partial charge in [0.25, 0.3) is 0 Å². The summed E-state index contributed by atoms with van der Waals surface area (Å²) in [4.78, 5) is 2.46. The Kier molecular flexibility index (Phi) is 7.10. The molecule has 1 heterocycles. The minimum atomic E-state index is -0.181. The summed E-state index contributed by atoms with van der Waals surface area (Å²) in [5.74, 6) is -0.181. The summed E-state index contributed by atoms with van der Waals surface area (Å²) in [7, 11) is 1.72. The van der Waals surface area contributed by atoms with Crippen LogP contribution in [-0.4, -0.2) is 44.3 Å². The van der Waals surface area contributed by atoms with Crippen LogP contribution in [0.3, 0.4) is 0 Å². The lowest BCUT2D eigenvalue weighted by Crippen LogP contribution is -2.45. The molecular weight excluding hydrogens is 335 g/mol. The smallest absolute Gasteiger partial charge is 0.137 e. The maximum atomic E-state index is 13.6. The molecular formula is C16H24BrFN2O. The number of likely N-dealkylation sites (tertiary alicyclic amines) is 1. The predicted octanol–water partition coefficient (Wildman–Crippen LogP) is 3.18. The van der Waals surface area contributed by atoms with Gasteiger partial charge in [-0.1, -0.05) is 18.6 Å². The Hall–Kier alpha value is -0.490. The summed E-state index contributed by atoms with van der Waals surface area (Å²) in [6.45, 7) is 4.47. The van der Waals surface area contributed by atoms with Crippen molar-refractivity contribution in [2.24, 2.45) is 0 Å². The first kappa shape index (κ1) is 16.9. The summed E-state index contributed by atoms with van der Waals surface area (Å²) in [5.41, 5.74) is 1.03. The molecule has 2 rings (SSSR count). The molecule has 3 nitrogen and oxygen atoms in total. The molecule has 1 fully saturated rings. The number of benzene rings is 1. The lowest BCUT2D eigenvalue weighted by molar-refractivity contribution is 0.132. The normalized spacial score (nSPS) is 19.9. The van der Waals surface area contributed by atoms with Gasteiger partial charge in [0.2, 0.25) is 0 Å². The Morgan fingerprint density at radius 1 is 1.43 bits per heavy atom. The third-order valence-electron chi connectivity index (χ3n) is 4.02. The number of hydrogen-bond donors (Lipinski definition) is 1. The van der Waals surface area contributed by atoms with E-state index in [1.165, 1.54) is 25.3 Å². The Labute approximate surface area is 135 Å². The van der Waals surface area contributed by atoms with Gasteiger partial charge in [-0.2, -0.15) is 0 Å². The van der Waals surface area contributed by atoms with Crippen molar-refractivity contribution in [2.45, 2.75) is 31.8 Å². The highest BCUT2D eigenvalue weighted by Crippen LogP contribution is 2.25. The fourth-order valence-corrected chi connectivity index (χ4v) is 3.22. The molecule has 1 N–H and O–H groups in total. The largest absolute Gasteiger partial charge is 0.383 e. The average Bonchev–Trinajstić information content (AvgIpc) is 2.50. The van der Waals surface area contributed by atoms with Gasteiger partial charge in [-0.15, -0.1) is 0 Å². The van der Waals surface area contributed by atoms with E-state index in [4.69, 9.17) is 4.74 Å². The highest BCUT2D eigenvalue weighted by Gasteiger charge is 2.23. The SMILES string of the molecule is COCCNCC1CCCCN1Cc1cccc(F)c1Br. The number of halogens is 2. The van der Waals surface area contributed by atoms with Crippen molar-refractivity contribution in [3.63, 3.8) is 0 Å². The van der Waals surface area contributed by atoms with E-state index >= 15 is 0 Å². The van der Waals surface area contributed by atoms with Crippen LogP contribution < -0.4 is 5.32 Å². The maximum Gasteiger partial charge on any atom is 0.137 e. The van der Waals surface area contributed by atoms with Crippen LogP contribution in [0.4, 0.5) is 4.39 Å². The van der Waals surface area contributed by atoms with E-state index in [0.29, 0.717) is 10.5 Å². The molecule has 1 aromatic rings. The quantitative estimate of drug-likeness (QED) is 0.757. The highest BCUT2D eigenvalue weighted by molar-refractivity contribution is 9.10. The number of piperidine rings is 1. The second kappa shape index (κ2) is 8.83. The van der Waals surface area contributed by atoms with Crippen molar-refractivity contribution in [1.82, 2.24) is 10.2 Å². The standard InChI is InChI=1S/C16H24BrFN2O/c1-21-10-8-19-11-14-6-2-3-9-20(14)12-13-5-4-7-15(18)16(13)17/h4-5,7,14,19H,2-3,6,8-12H2,1H3. The van der Waals surface area contributed by atoms with E-state index < -0.39 is 0 Å². The van der Waals surface area contributed by atoms with Gasteiger partial charge in [0.1, 0.15) is 5.82 Å². The number of nitrogens with zero attached hydrogens (tertiary/aromatic N) is 1. The third-order valence-corrected chi connectivity index (χ3v) is 4.91. The molecule has 0 bridgehead atoms. The van der Waals surface area contributed by atoms with Gasteiger partial charge >= 0.3 is 0 Å². The monoisotopic (exact) mass is 358 g/mol. The zero-order valence-electron chi connectivity index (χ0n) is 12.6. The molecule has 1 aromatic carbocycles. The van der Waals surface area contributed by atoms with Crippen molar-refractivity contribution in [2.75, 3.05) is 33.4 Å². The van der Waals surface area contributed by atoms with Gasteiger partial charge in [0.05, 0.1) is 11.1 Å². The molecule has 0 aromatic heterocycles. The molecule has 0 amide bonds. The zero-order chi connectivity index (χ0) is 15.1. The van der Waals surface area contributed by atoms with Crippen molar-refractivity contribution in [3.8, 4) is 0 Å². The van der Waals surface area contributed by atoms with Crippen molar-refractivity contribution in [3.05, 3.63) is 34.1 Å². The lowest BCUT2D eigenvalue weighted by Gasteiger charge is -2.36. The molecule has 0 radical (unpaired) electrons. The Morgan fingerprint density at radius 3 is 3.10 bits per heavy atom.